The van der Waals surface area contributed by atoms with Gasteiger partial charge >= 0.3 is 22.1 Å². The lowest BCUT2D eigenvalue weighted by Gasteiger charge is -2.24. The quantitative estimate of drug-likeness (QED) is 0.303. The van der Waals surface area contributed by atoms with E-state index in [2.05, 4.69) is 0 Å². The maximum Gasteiger partial charge on any atom is 0.323 e. The van der Waals surface area contributed by atoms with Crippen molar-refractivity contribution >= 4 is 22.1 Å². The molecule has 2 N–H and O–H groups in total. The normalized spacial score (nSPS) is 14.3. The molecule has 1 aliphatic carbocycles. The fourth-order valence-electron chi connectivity index (χ4n) is 4.78. The highest BCUT2D eigenvalue weighted by Gasteiger charge is 2.33. The molecule has 0 saturated heterocycles. The zero-order chi connectivity index (χ0) is 27.4. The molecule has 3 aromatic rings. The lowest BCUT2D eigenvalue weighted by molar-refractivity contribution is -0.149. The molecule has 0 aliphatic heterocycles. The summed E-state index contributed by atoms with van der Waals surface area (Å²) < 4.78 is 39.2. The number of ether oxygens (including phenoxy) is 2. The van der Waals surface area contributed by atoms with Crippen LogP contribution >= 0.6 is 0 Å². The van der Waals surface area contributed by atoms with E-state index in [1.54, 1.807) is 26.0 Å². The Hall–Kier alpha value is -3.69. The van der Waals surface area contributed by atoms with E-state index in [1.165, 1.54) is 12.1 Å². The summed E-state index contributed by atoms with van der Waals surface area (Å²) in [6.07, 6.45) is 0.375. The summed E-state index contributed by atoms with van der Waals surface area (Å²) in [4.78, 5) is 25.8. The smallest absolute Gasteiger partial charge is 0.323 e. The van der Waals surface area contributed by atoms with E-state index in [0.29, 0.717) is 5.56 Å². The molecule has 2 atom stereocenters. The van der Waals surface area contributed by atoms with Crippen molar-refractivity contribution in [2.45, 2.75) is 44.2 Å². The third-order valence-electron chi connectivity index (χ3n) is 6.35. The number of carbonyl (C=O) groups is 2. The minimum Gasteiger partial charge on any atom is -0.464 e. The van der Waals surface area contributed by atoms with Crippen LogP contribution in [-0.4, -0.2) is 45.4 Å². The Kier molecular flexibility index (Phi) is 8.18. The molecule has 0 amide bonds. The number of rotatable bonds is 10. The van der Waals surface area contributed by atoms with E-state index in [1.807, 2.05) is 48.5 Å². The van der Waals surface area contributed by atoms with Gasteiger partial charge in [-0.15, -0.1) is 0 Å². The van der Waals surface area contributed by atoms with Gasteiger partial charge in [0, 0.05) is 11.8 Å². The molecule has 0 spiro atoms. The van der Waals surface area contributed by atoms with Crippen molar-refractivity contribution in [2.24, 2.45) is 5.73 Å². The average Bonchev–Trinajstić information content (AvgIpc) is 3.18. The van der Waals surface area contributed by atoms with Crippen molar-refractivity contribution < 1.29 is 31.7 Å². The maximum absolute atomic E-state index is 13.2. The predicted molar refractivity (Wildman–Crippen MR) is 143 cm³/mol. The molecule has 0 aromatic heterocycles. The first-order chi connectivity index (χ1) is 18.0. The molecule has 0 radical (unpaired) electrons. The first-order valence-corrected chi connectivity index (χ1v) is 14.1. The van der Waals surface area contributed by atoms with Gasteiger partial charge in [0.25, 0.3) is 0 Å². The fourth-order valence-corrected chi connectivity index (χ4v) is 5.23. The van der Waals surface area contributed by atoms with Crippen LogP contribution in [0.5, 0.6) is 5.75 Å². The summed E-state index contributed by atoms with van der Waals surface area (Å²) >= 11 is 0. The summed E-state index contributed by atoms with van der Waals surface area (Å²) in [7, 11) is -3.78. The predicted octanol–water partition coefficient (Wildman–Crippen LogP) is 4.13. The van der Waals surface area contributed by atoms with E-state index < -0.39 is 34.0 Å². The Balaban J connectivity index is 1.55. The van der Waals surface area contributed by atoms with Crippen LogP contribution in [0.3, 0.4) is 0 Å². The minimum atomic E-state index is -3.78. The molecule has 9 heteroatoms. The van der Waals surface area contributed by atoms with Crippen molar-refractivity contribution in [3.05, 3.63) is 89.5 Å². The van der Waals surface area contributed by atoms with Gasteiger partial charge in [-0.25, -0.2) is 0 Å². The molecule has 0 bridgehead atoms. The molecule has 0 fully saturated rings. The standard InChI is InChI=1S/C29H31NO7S/c1-18(2)36-27(31)16-25(19-9-8-10-20(15-19)37-38(3,33)34)28(30)29(32)35-17-26-23-13-6-4-11-21(23)22-12-5-7-14-24(22)26/h4-15,18,25-26,28H,16-17,30H2,1-3H3. The molecule has 2 unspecified atom stereocenters. The average molecular weight is 538 g/mol. The summed E-state index contributed by atoms with van der Waals surface area (Å²) in [6, 6.07) is 20.9. The molecule has 4 rings (SSSR count). The molecule has 0 saturated carbocycles. The first kappa shape index (κ1) is 27.3. The minimum absolute atomic E-state index is 0.0481. The summed E-state index contributed by atoms with van der Waals surface area (Å²) in [5.74, 6) is -2.15. The number of nitrogens with two attached hydrogens (primary N) is 1. The molecule has 38 heavy (non-hydrogen) atoms. The van der Waals surface area contributed by atoms with Gasteiger partial charge in [0.1, 0.15) is 18.4 Å². The highest BCUT2D eigenvalue weighted by molar-refractivity contribution is 7.86. The first-order valence-electron chi connectivity index (χ1n) is 12.3. The zero-order valence-electron chi connectivity index (χ0n) is 21.5. The van der Waals surface area contributed by atoms with Gasteiger partial charge in [0.05, 0.1) is 18.8 Å². The number of benzene rings is 3. The van der Waals surface area contributed by atoms with E-state index >= 15 is 0 Å². The van der Waals surface area contributed by atoms with Crippen molar-refractivity contribution in [2.75, 3.05) is 12.9 Å². The molecule has 200 valence electrons. The number of fused-ring (bicyclic) bond motifs is 3. The third-order valence-corrected chi connectivity index (χ3v) is 6.84. The highest BCUT2D eigenvalue weighted by atomic mass is 32.2. The molecule has 3 aromatic carbocycles. The van der Waals surface area contributed by atoms with Crippen LogP contribution in [0.4, 0.5) is 0 Å². The van der Waals surface area contributed by atoms with Crippen LogP contribution in [-0.2, 0) is 29.2 Å². The molecular weight excluding hydrogens is 506 g/mol. The van der Waals surface area contributed by atoms with E-state index in [9.17, 15) is 18.0 Å². The van der Waals surface area contributed by atoms with Gasteiger partial charge < -0.3 is 19.4 Å². The van der Waals surface area contributed by atoms with Crippen LogP contribution in [0.25, 0.3) is 11.1 Å². The van der Waals surface area contributed by atoms with Crippen LogP contribution < -0.4 is 9.92 Å². The van der Waals surface area contributed by atoms with Crippen LogP contribution in [0, 0.1) is 0 Å². The van der Waals surface area contributed by atoms with Gasteiger partial charge in [-0.2, -0.15) is 8.42 Å². The topological polar surface area (TPSA) is 122 Å². The van der Waals surface area contributed by atoms with E-state index in [-0.39, 0.29) is 30.8 Å². The third kappa shape index (κ3) is 6.41. The molecular formula is C29H31NO7S. The lowest BCUT2D eigenvalue weighted by Crippen LogP contribution is -2.40. The number of carbonyl (C=O) groups excluding carboxylic acids is 2. The summed E-state index contributed by atoms with van der Waals surface area (Å²) in [5, 5.41) is 0. The second-order valence-corrected chi connectivity index (χ2v) is 11.2. The zero-order valence-corrected chi connectivity index (χ0v) is 22.3. The van der Waals surface area contributed by atoms with Gasteiger partial charge in [-0.3, -0.25) is 9.59 Å². The van der Waals surface area contributed by atoms with Crippen molar-refractivity contribution in [3.63, 3.8) is 0 Å². The fraction of sp³-hybridized carbons (Fsp3) is 0.310. The van der Waals surface area contributed by atoms with Gasteiger partial charge in [0.2, 0.25) is 0 Å². The Morgan fingerprint density at radius 3 is 2.11 bits per heavy atom. The summed E-state index contributed by atoms with van der Waals surface area (Å²) in [6.45, 7) is 3.53. The largest absolute Gasteiger partial charge is 0.464 e. The van der Waals surface area contributed by atoms with Gasteiger partial charge in [0.15, 0.2) is 0 Å². The summed E-state index contributed by atoms with van der Waals surface area (Å²) in [5.41, 5.74) is 11.2. The second kappa shape index (κ2) is 11.4. The number of esters is 2. The number of hydrogen-bond acceptors (Lipinski definition) is 8. The molecule has 0 heterocycles. The Morgan fingerprint density at radius 2 is 1.53 bits per heavy atom. The Labute approximate surface area is 222 Å². The molecule has 8 nitrogen and oxygen atoms in total. The van der Waals surface area contributed by atoms with Crippen LogP contribution in [0.1, 0.15) is 48.8 Å². The Morgan fingerprint density at radius 1 is 0.921 bits per heavy atom. The van der Waals surface area contributed by atoms with Crippen LogP contribution in [0.2, 0.25) is 0 Å². The van der Waals surface area contributed by atoms with Crippen molar-refractivity contribution in [3.8, 4) is 16.9 Å². The highest BCUT2D eigenvalue weighted by Crippen LogP contribution is 2.44. The SMILES string of the molecule is CC(C)OC(=O)CC(c1cccc(OS(C)(=O)=O)c1)C(N)C(=O)OCC1c2ccccc2-c2ccccc21. The Bertz CT molecular complexity index is 1390. The molecule has 1 aliphatic rings. The van der Waals surface area contributed by atoms with Gasteiger partial charge in [-0.1, -0.05) is 60.7 Å². The van der Waals surface area contributed by atoms with Crippen LogP contribution in [0.15, 0.2) is 72.8 Å². The van der Waals surface area contributed by atoms with Gasteiger partial charge in [-0.05, 0) is 53.8 Å². The number of hydrogen-bond donors (Lipinski definition) is 1. The second-order valence-electron chi connectivity index (χ2n) is 9.59. The lowest BCUT2D eigenvalue weighted by atomic mass is 9.88. The van der Waals surface area contributed by atoms with E-state index in [0.717, 1.165) is 28.5 Å². The van der Waals surface area contributed by atoms with E-state index in [4.69, 9.17) is 19.4 Å². The van der Waals surface area contributed by atoms with Crippen molar-refractivity contribution in [1.82, 2.24) is 0 Å². The monoisotopic (exact) mass is 537 g/mol. The maximum atomic E-state index is 13.2. The van der Waals surface area contributed by atoms with Crippen molar-refractivity contribution in [1.29, 1.82) is 0 Å².